The van der Waals surface area contributed by atoms with Crippen LogP contribution in [-0.2, 0) is 73.5 Å². The monoisotopic (exact) mass is 1580 g/mol. The minimum Gasteiger partial charge on any atom is -0.481 e. The van der Waals surface area contributed by atoms with Crippen LogP contribution in [0.2, 0.25) is 0 Å². The Kier molecular flexibility index (Phi) is 33.5. The zero-order chi connectivity index (χ0) is 83.3. The second-order valence-corrected chi connectivity index (χ2v) is 28.4. The predicted molar refractivity (Wildman–Crippen MR) is 418 cm³/mol. The molecule has 0 bridgehead atoms. The molecule has 614 valence electrons. The number of aliphatic carboxylic acids is 1. The number of nitrogens with two attached hydrogens (primary N) is 3. The molecule has 10 atom stereocenters. The standard InChI is InChI=1S/C77H104N20O17/c1-41(2)28-30-56(88-62(99)38-85-77(113)114-40-50-48-20-9-7-18-46(48)47-19-8-10-21-49(47)50)70(108)90-53-24-13-12-23-52(64(78)102)89-67(105)54(25-14-32-83-75(79)80)91-71(109)58(36-45-35-44-17-6-11-22-51(44)87-45)94-65(103)43(5)86-66(104)57(31-29-42(3)4)92-68(106)55(26-15-33-84-76(81)82)93-73(111)61-27-16-34-97(61)74(112)59(37-63(100)101)95-72(110)60(39-98)96-69(53)107/h6-11,17-23,28-29,35,43,50,53-61,87,98H,12-16,24-27,30-34,36-40H2,1-5H3,(H2,78,102)(H,85,113)(H,86,104)(H,88,99)(H,89,105)(H,90,108)(H,91,109)(H,92,106)(H,93,111)(H,94,103)(H,95,110)(H,96,107)(H,100,101)(H4,79,80,83)(H4,81,82,84)/t43-,53-,54-,55-,56-,57-,58-,59-,60-,61?/m0/s1. The molecular formula is C77H104N20O17. The van der Waals surface area contributed by atoms with Gasteiger partial charge in [-0.2, -0.15) is 0 Å². The van der Waals surface area contributed by atoms with Gasteiger partial charge in [-0.15, -0.1) is 0 Å². The molecule has 3 heterocycles. The zero-order valence-electron chi connectivity index (χ0n) is 64.2. The summed E-state index contributed by atoms with van der Waals surface area (Å²) in [6.45, 7) is 6.02. The van der Waals surface area contributed by atoms with Crippen LogP contribution in [0.3, 0.4) is 0 Å². The van der Waals surface area contributed by atoms with Gasteiger partial charge in [-0.1, -0.05) is 96.1 Å². The number of H-pyrrole nitrogens is 1. The Labute approximate surface area is 657 Å². The maximum absolute atomic E-state index is 14.8. The fourth-order valence-electron chi connectivity index (χ4n) is 13.1. The highest BCUT2D eigenvalue weighted by atomic mass is 16.5. The van der Waals surface area contributed by atoms with Crippen molar-refractivity contribution < 1.29 is 82.1 Å². The molecule has 1 aliphatic carbocycles. The summed E-state index contributed by atoms with van der Waals surface area (Å²) >= 11 is 0. The lowest BCUT2D eigenvalue weighted by Gasteiger charge is -2.30. The third kappa shape index (κ3) is 26.8. The van der Waals surface area contributed by atoms with E-state index in [4.69, 9.17) is 32.8 Å². The number of carbonyl (C=O) groups excluding carboxylic acids is 13. The maximum Gasteiger partial charge on any atom is 0.407 e. The van der Waals surface area contributed by atoms with Crippen LogP contribution in [-0.4, -0.2) is 215 Å². The van der Waals surface area contributed by atoms with Crippen molar-refractivity contribution in [2.24, 2.45) is 17.2 Å². The molecule has 1 saturated heterocycles. The van der Waals surface area contributed by atoms with E-state index >= 15 is 0 Å². The molecule has 37 nitrogen and oxygen atoms in total. The van der Waals surface area contributed by atoms with Crippen LogP contribution in [0.15, 0.2) is 114 Å². The number of aromatic amines is 1. The van der Waals surface area contributed by atoms with E-state index in [0.717, 1.165) is 32.5 Å². The van der Waals surface area contributed by atoms with Crippen molar-refractivity contribution in [2.75, 3.05) is 39.4 Å². The number of rotatable bonds is 25. The molecule has 4 aromatic rings. The molecule has 1 unspecified atom stereocenters. The van der Waals surface area contributed by atoms with Crippen LogP contribution in [0.4, 0.5) is 4.79 Å². The molecule has 2 aliphatic heterocycles. The molecular weight excluding hydrogens is 1480 g/mol. The van der Waals surface area contributed by atoms with Crippen molar-refractivity contribution in [1.29, 1.82) is 10.8 Å². The summed E-state index contributed by atoms with van der Waals surface area (Å²) < 4.78 is 5.60. The number of primary amides is 1. The minimum absolute atomic E-state index is 0.00492. The molecule has 13 amide bonds. The summed E-state index contributed by atoms with van der Waals surface area (Å²) in [6, 6.07) is 8.09. The van der Waals surface area contributed by atoms with E-state index in [1.807, 2.05) is 48.5 Å². The lowest BCUT2D eigenvalue weighted by Crippen LogP contribution is -2.61. The van der Waals surface area contributed by atoms with Gasteiger partial charge in [-0.05, 0) is 145 Å². The highest BCUT2D eigenvalue weighted by Gasteiger charge is 2.42. The first-order chi connectivity index (χ1) is 54.3. The fourth-order valence-corrected chi connectivity index (χ4v) is 13.1. The van der Waals surface area contributed by atoms with E-state index in [9.17, 15) is 77.3 Å². The van der Waals surface area contributed by atoms with Crippen molar-refractivity contribution >= 4 is 106 Å². The van der Waals surface area contributed by atoms with Crippen LogP contribution >= 0.6 is 0 Å². The number of hydrogen-bond acceptors (Lipinski definition) is 18. The number of carboxylic acids is 1. The Morgan fingerprint density at radius 3 is 1.82 bits per heavy atom. The highest BCUT2D eigenvalue weighted by molar-refractivity contribution is 6.02. The lowest BCUT2D eigenvalue weighted by atomic mass is 9.98. The van der Waals surface area contributed by atoms with Crippen LogP contribution < -0.4 is 86.3 Å². The summed E-state index contributed by atoms with van der Waals surface area (Å²) in [5, 5.41) is 70.1. The number of nitrogens with zero attached hydrogens (tertiary/aromatic N) is 1. The molecule has 3 aromatic carbocycles. The second-order valence-electron chi connectivity index (χ2n) is 28.4. The first-order valence-corrected chi connectivity index (χ1v) is 37.5. The zero-order valence-corrected chi connectivity index (χ0v) is 64.2. The van der Waals surface area contributed by atoms with Crippen LogP contribution in [0.25, 0.3) is 22.0 Å². The fraction of sp³-hybridized carbons (Fsp3) is 0.455. The number of allylic oxidation sites excluding steroid dienone is 3. The van der Waals surface area contributed by atoms with Crippen LogP contribution in [0.1, 0.15) is 134 Å². The third-order valence-electron chi connectivity index (χ3n) is 19.0. The van der Waals surface area contributed by atoms with Crippen molar-refractivity contribution in [3.8, 4) is 11.1 Å². The smallest absolute Gasteiger partial charge is 0.407 e. The van der Waals surface area contributed by atoms with Crippen LogP contribution in [0, 0.1) is 10.8 Å². The van der Waals surface area contributed by atoms with Gasteiger partial charge in [0.15, 0.2) is 11.9 Å². The van der Waals surface area contributed by atoms with E-state index in [-0.39, 0.29) is 103 Å². The van der Waals surface area contributed by atoms with Gasteiger partial charge in [0.2, 0.25) is 65.0 Å². The van der Waals surface area contributed by atoms with E-state index in [0.29, 0.717) is 22.4 Å². The van der Waals surface area contributed by atoms with Gasteiger partial charge in [0.1, 0.15) is 79.3 Å². The number of amides is 13. The number of aromatic nitrogens is 1. The van der Waals surface area contributed by atoms with Gasteiger partial charge in [0.05, 0.1) is 13.0 Å². The maximum atomic E-state index is 14.8. The van der Waals surface area contributed by atoms with Crippen molar-refractivity contribution in [3.05, 3.63) is 131 Å². The Hall–Kier alpha value is -12.7. The normalized spacial score (nSPS) is 21.4. The van der Waals surface area contributed by atoms with Crippen molar-refractivity contribution in [1.82, 2.24) is 79.0 Å². The molecule has 37 heteroatoms. The number of carboxylic acid groups (broad SMARTS) is 1. The van der Waals surface area contributed by atoms with Gasteiger partial charge in [-0.3, -0.25) is 73.1 Å². The highest BCUT2D eigenvalue weighted by Crippen LogP contribution is 2.44. The lowest BCUT2D eigenvalue weighted by molar-refractivity contribution is -0.146. The summed E-state index contributed by atoms with van der Waals surface area (Å²) in [7, 11) is 0. The number of nitrogens with one attached hydrogen (secondary N) is 16. The number of aliphatic hydroxyl groups excluding tert-OH is 1. The number of ether oxygens (including phenoxy) is 1. The van der Waals surface area contributed by atoms with Gasteiger partial charge >= 0.3 is 12.1 Å². The number of carbonyl (C=O) groups is 14. The molecule has 24 N–H and O–H groups in total. The Bertz CT molecular complexity index is 4240. The number of alkyl carbamates (subject to hydrolysis) is 1. The summed E-state index contributed by atoms with van der Waals surface area (Å²) in [6.07, 6.45) is 0.762. The van der Waals surface area contributed by atoms with Crippen LogP contribution in [0.5, 0.6) is 0 Å². The van der Waals surface area contributed by atoms with E-state index in [1.165, 1.54) is 13.0 Å². The molecule has 0 saturated carbocycles. The topological polar surface area (TPSA) is 590 Å². The SMILES string of the molecule is CC(C)=CC[C@H](NC(=O)CNC(=O)OCC1c2ccccc2-c2ccccc21)C(=O)N[C@H]1CCCC=C(C(N)=O)NC(=O)[C@H](CCCNC(=N)N)NC(=O)[C@H](Cc2cc3ccccc3[nH]2)NC(=O)[C@H](C)NC(=O)[C@H](CC=C(C)C)NC(=O)[C@H](CCCNC(=N)N)NC(=O)C2CCCN2C(=O)[C@H](CC(=O)O)NC(=O)[C@H](CO)NC1=O. The van der Waals surface area contributed by atoms with E-state index in [2.05, 4.69) is 74.1 Å². The summed E-state index contributed by atoms with van der Waals surface area (Å²) in [5.74, 6) is -15.1. The van der Waals surface area contributed by atoms with E-state index < -0.39 is 187 Å². The van der Waals surface area contributed by atoms with Crippen molar-refractivity contribution in [2.45, 2.75) is 184 Å². The second kappa shape index (κ2) is 43.2. The first-order valence-electron chi connectivity index (χ1n) is 37.5. The minimum atomic E-state index is -2.01. The number of fused-ring (bicyclic) bond motifs is 5. The largest absolute Gasteiger partial charge is 0.481 e. The molecule has 114 heavy (non-hydrogen) atoms. The third-order valence-corrected chi connectivity index (χ3v) is 19.0. The Morgan fingerprint density at radius 1 is 0.640 bits per heavy atom. The quantitative estimate of drug-likeness (QED) is 0.0164. The van der Waals surface area contributed by atoms with Gasteiger partial charge in [0.25, 0.3) is 5.91 Å². The Balaban J connectivity index is 1.22. The van der Waals surface area contributed by atoms with Crippen molar-refractivity contribution in [3.63, 3.8) is 0 Å². The molecule has 0 radical (unpaired) electrons. The van der Waals surface area contributed by atoms with Gasteiger partial charge in [-0.25, -0.2) is 4.79 Å². The molecule has 0 spiro atoms. The van der Waals surface area contributed by atoms with Gasteiger partial charge < -0.3 is 111 Å². The first kappa shape index (κ1) is 88.5. The number of guanidine groups is 2. The average Bonchev–Trinajstić information content (AvgIpc) is 1.61. The molecule has 1 fully saturated rings. The predicted octanol–water partition coefficient (Wildman–Crippen LogP) is -1.00. The summed E-state index contributed by atoms with van der Waals surface area (Å²) in [5.41, 5.74) is 22.8. The number of hydrogen-bond donors (Lipinski definition) is 21. The summed E-state index contributed by atoms with van der Waals surface area (Å²) in [4.78, 5) is 203. The van der Waals surface area contributed by atoms with E-state index in [1.54, 1.807) is 70.2 Å². The molecule has 1 aromatic heterocycles. The molecule has 3 aliphatic rings. The number of aliphatic hydroxyl groups is 1. The average molecular weight is 1580 g/mol. The molecule has 7 rings (SSSR count). The van der Waals surface area contributed by atoms with Gasteiger partial charge in [0, 0.05) is 43.2 Å². The number of benzene rings is 3. The Morgan fingerprint density at radius 2 is 1.20 bits per heavy atom. The number of para-hydroxylation sites is 1.